The van der Waals surface area contributed by atoms with Crippen molar-refractivity contribution in [1.82, 2.24) is 9.88 Å². The van der Waals surface area contributed by atoms with Crippen molar-refractivity contribution in [2.45, 2.75) is 38.1 Å². The Bertz CT molecular complexity index is 1130. The molecule has 3 aromatic rings. The molecule has 3 heterocycles. The van der Waals surface area contributed by atoms with Gasteiger partial charge in [0.1, 0.15) is 5.82 Å². The third kappa shape index (κ3) is 5.00. The van der Waals surface area contributed by atoms with Crippen LogP contribution in [0.25, 0.3) is 10.4 Å². The van der Waals surface area contributed by atoms with Crippen molar-refractivity contribution >= 4 is 39.3 Å². The molecule has 34 heavy (non-hydrogen) atoms. The molecule has 2 aliphatic rings. The van der Waals surface area contributed by atoms with E-state index in [0.717, 1.165) is 29.7 Å². The number of likely N-dealkylation sites (tertiary alicyclic amines) is 1. The standard InChI is InChI=1S/C25H30N6O2S/c26-24-23(18-5-4-6-22(17-18)31(32)33)34-25(28-24)27-19-7-9-20(10-8-19)30-15-11-21(12-16-30)29-13-2-1-3-14-29/h4-10,17,21H,1-3,11-16,26H2,(H,27,28). The van der Waals surface area contributed by atoms with Gasteiger partial charge in [-0.1, -0.05) is 29.9 Å². The van der Waals surface area contributed by atoms with Gasteiger partial charge >= 0.3 is 0 Å². The molecular formula is C25H30N6O2S. The lowest BCUT2D eigenvalue weighted by Gasteiger charge is -2.41. The summed E-state index contributed by atoms with van der Waals surface area (Å²) in [6.45, 7) is 4.75. The lowest BCUT2D eigenvalue weighted by atomic mass is 9.99. The van der Waals surface area contributed by atoms with Gasteiger partial charge in [-0.2, -0.15) is 0 Å². The van der Waals surface area contributed by atoms with E-state index in [9.17, 15) is 10.1 Å². The SMILES string of the molecule is Nc1nc(Nc2ccc(N3CCC(N4CCCCC4)CC3)cc2)sc1-c1cccc([N+](=O)[O-])c1. The van der Waals surface area contributed by atoms with E-state index in [2.05, 4.69) is 44.4 Å². The molecular weight excluding hydrogens is 448 g/mol. The van der Waals surface area contributed by atoms with E-state index < -0.39 is 4.92 Å². The van der Waals surface area contributed by atoms with Gasteiger partial charge in [0.05, 0.1) is 9.80 Å². The molecule has 8 nitrogen and oxygen atoms in total. The Morgan fingerprint density at radius 2 is 1.76 bits per heavy atom. The third-order valence-electron chi connectivity index (χ3n) is 6.83. The van der Waals surface area contributed by atoms with Crippen LogP contribution in [0.5, 0.6) is 0 Å². The van der Waals surface area contributed by atoms with Crippen molar-refractivity contribution in [3.05, 3.63) is 58.6 Å². The van der Waals surface area contributed by atoms with Crippen molar-refractivity contribution in [1.29, 1.82) is 0 Å². The zero-order chi connectivity index (χ0) is 23.5. The highest BCUT2D eigenvalue weighted by molar-refractivity contribution is 7.19. The van der Waals surface area contributed by atoms with Gasteiger partial charge in [-0.05, 0) is 63.0 Å². The van der Waals surface area contributed by atoms with Crippen LogP contribution >= 0.6 is 11.3 Å². The van der Waals surface area contributed by atoms with E-state index in [1.165, 1.54) is 74.4 Å². The smallest absolute Gasteiger partial charge is 0.270 e. The molecule has 0 atom stereocenters. The molecule has 2 saturated heterocycles. The molecule has 0 bridgehead atoms. The second-order valence-corrected chi connectivity index (χ2v) is 10.0. The topological polar surface area (TPSA) is 101 Å². The number of nitro benzene ring substituents is 1. The van der Waals surface area contributed by atoms with Gasteiger partial charge in [-0.3, -0.25) is 10.1 Å². The van der Waals surface area contributed by atoms with E-state index in [1.54, 1.807) is 6.07 Å². The first kappa shape index (κ1) is 22.6. The first-order valence-corrected chi connectivity index (χ1v) is 12.8. The molecule has 0 spiro atoms. The number of nitrogens with one attached hydrogen (secondary N) is 1. The highest BCUT2D eigenvalue weighted by Crippen LogP contribution is 2.37. The van der Waals surface area contributed by atoms with Crippen LogP contribution in [0, 0.1) is 10.1 Å². The number of nitrogens with two attached hydrogens (primary N) is 1. The van der Waals surface area contributed by atoms with Gasteiger partial charge < -0.3 is 20.9 Å². The highest BCUT2D eigenvalue weighted by Gasteiger charge is 2.25. The first-order chi connectivity index (χ1) is 16.6. The number of anilines is 4. The van der Waals surface area contributed by atoms with Gasteiger partial charge in [0.2, 0.25) is 0 Å². The van der Waals surface area contributed by atoms with E-state index in [1.807, 2.05) is 6.07 Å². The number of nitrogen functional groups attached to an aromatic ring is 1. The number of thiazole rings is 1. The summed E-state index contributed by atoms with van der Waals surface area (Å²) in [5, 5.41) is 15.1. The molecule has 2 aromatic carbocycles. The summed E-state index contributed by atoms with van der Waals surface area (Å²) in [6, 6.07) is 15.6. The van der Waals surface area contributed by atoms with Crippen LogP contribution in [-0.2, 0) is 0 Å². The van der Waals surface area contributed by atoms with Gasteiger partial charge in [-0.15, -0.1) is 0 Å². The molecule has 2 fully saturated rings. The Hall–Kier alpha value is -3.17. The lowest BCUT2D eigenvalue weighted by molar-refractivity contribution is -0.384. The number of benzene rings is 2. The maximum atomic E-state index is 11.1. The zero-order valence-electron chi connectivity index (χ0n) is 19.2. The van der Waals surface area contributed by atoms with Crippen LogP contribution < -0.4 is 16.0 Å². The fourth-order valence-corrected chi connectivity index (χ4v) is 5.91. The summed E-state index contributed by atoms with van der Waals surface area (Å²) in [6.07, 6.45) is 6.56. The number of nitrogens with zero attached hydrogens (tertiary/aromatic N) is 4. The molecule has 0 aliphatic carbocycles. The number of piperidine rings is 2. The molecule has 9 heteroatoms. The Morgan fingerprint density at radius 1 is 1.03 bits per heavy atom. The Balaban J connectivity index is 1.21. The van der Waals surface area contributed by atoms with Crippen LogP contribution in [0.2, 0.25) is 0 Å². The quantitative estimate of drug-likeness (QED) is 0.356. The average Bonchev–Trinajstić information content (AvgIpc) is 3.25. The molecule has 1 aromatic heterocycles. The fraction of sp³-hybridized carbons (Fsp3) is 0.400. The van der Waals surface area contributed by atoms with Crippen LogP contribution in [0.4, 0.5) is 28.0 Å². The van der Waals surface area contributed by atoms with E-state index in [0.29, 0.717) is 16.5 Å². The molecule has 0 amide bonds. The van der Waals surface area contributed by atoms with Crippen molar-refractivity contribution in [2.24, 2.45) is 0 Å². The third-order valence-corrected chi connectivity index (χ3v) is 7.86. The maximum absolute atomic E-state index is 11.1. The molecule has 178 valence electrons. The van der Waals surface area contributed by atoms with E-state index in [-0.39, 0.29) is 5.69 Å². The molecule has 3 N–H and O–H groups in total. The Kier molecular flexibility index (Phi) is 6.64. The fourth-order valence-electron chi connectivity index (χ4n) is 5.00. The predicted molar refractivity (Wildman–Crippen MR) is 139 cm³/mol. The van der Waals surface area contributed by atoms with E-state index >= 15 is 0 Å². The minimum Gasteiger partial charge on any atom is -0.382 e. The number of nitro groups is 1. The Labute approximate surface area is 203 Å². The predicted octanol–water partition coefficient (Wildman–Crippen LogP) is 5.50. The number of hydrogen-bond acceptors (Lipinski definition) is 8. The van der Waals surface area contributed by atoms with Crippen molar-refractivity contribution < 1.29 is 4.92 Å². The van der Waals surface area contributed by atoms with Gasteiger partial charge in [0.25, 0.3) is 5.69 Å². The summed E-state index contributed by atoms with van der Waals surface area (Å²) < 4.78 is 0. The average molecular weight is 479 g/mol. The van der Waals surface area contributed by atoms with Gasteiger partial charge in [0.15, 0.2) is 5.13 Å². The van der Waals surface area contributed by atoms with Gasteiger partial charge in [-0.25, -0.2) is 4.98 Å². The van der Waals surface area contributed by atoms with Crippen molar-refractivity contribution in [3.63, 3.8) is 0 Å². The first-order valence-electron chi connectivity index (χ1n) is 11.9. The van der Waals surface area contributed by atoms with Crippen molar-refractivity contribution in [2.75, 3.05) is 42.1 Å². The molecule has 0 unspecified atom stereocenters. The highest BCUT2D eigenvalue weighted by atomic mass is 32.1. The summed E-state index contributed by atoms with van der Waals surface area (Å²) in [5.74, 6) is 0.362. The summed E-state index contributed by atoms with van der Waals surface area (Å²) in [7, 11) is 0. The number of hydrogen-bond donors (Lipinski definition) is 2. The summed E-state index contributed by atoms with van der Waals surface area (Å²) >= 11 is 1.39. The molecule has 2 aliphatic heterocycles. The van der Waals surface area contributed by atoms with Gasteiger partial charge in [0, 0.05) is 48.2 Å². The van der Waals surface area contributed by atoms with Crippen molar-refractivity contribution in [3.8, 4) is 10.4 Å². The largest absolute Gasteiger partial charge is 0.382 e. The normalized spacial score (nSPS) is 17.6. The second-order valence-electron chi connectivity index (χ2n) is 9.03. The molecule has 5 rings (SSSR count). The van der Waals surface area contributed by atoms with Crippen LogP contribution in [-0.4, -0.2) is 47.0 Å². The number of non-ortho nitro benzene ring substituents is 1. The molecule has 0 radical (unpaired) electrons. The lowest BCUT2D eigenvalue weighted by Crippen LogP contribution is -2.46. The second kappa shape index (κ2) is 9.99. The summed E-state index contributed by atoms with van der Waals surface area (Å²) in [4.78, 5) is 21.0. The zero-order valence-corrected chi connectivity index (χ0v) is 20.0. The minimum atomic E-state index is -0.405. The Morgan fingerprint density at radius 3 is 2.47 bits per heavy atom. The maximum Gasteiger partial charge on any atom is 0.270 e. The number of rotatable bonds is 6. The monoisotopic (exact) mass is 478 g/mol. The van der Waals surface area contributed by atoms with Crippen LogP contribution in [0.3, 0.4) is 0 Å². The van der Waals surface area contributed by atoms with Crippen LogP contribution in [0.1, 0.15) is 32.1 Å². The van der Waals surface area contributed by atoms with Crippen LogP contribution in [0.15, 0.2) is 48.5 Å². The molecule has 0 saturated carbocycles. The minimum absolute atomic E-state index is 0.0374. The number of aromatic nitrogens is 1. The van der Waals surface area contributed by atoms with E-state index in [4.69, 9.17) is 5.73 Å². The summed E-state index contributed by atoms with van der Waals surface area (Å²) in [5.41, 5.74) is 9.04.